The molecule has 3 N–H and O–H groups in total. The number of carbonyl (C=O) groups excluding carboxylic acids is 3. The van der Waals surface area contributed by atoms with Crippen LogP contribution in [-0.2, 0) is 25.7 Å². The van der Waals surface area contributed by atoms with Gasteiger partial charge in [0.25, 0.3) is 0 Å². The van der Waals surface area contributed by atoms with Gasteiger partial charge in [-0.15, -0.1) is 0 Å². The maximum atomic E-state index is 12.1. The lowest BCUT2D eigenvalue weighted by Crippen LogP contribution is -2.47. The van der Waals surface area contributed by atoms with E-state index in [1.807, 2.05) is 30.3 Å². The van der Waals surface area contributed by atoms with Crippen LogP contribution in [0.3, 0.4) is 0 Å². The number of hydrogen-bond acceptors (Lipinski definition) is 5. The predicted molar refractivity (Wildman–Crippen MR) is 110 cm³/mol. The Labute approximate surface area is 176 Å². The molecular weight excluding hydrogens is 388 g/mol. The van der Waals surface area contributed by atoms with E-state index in [1.165, 1.54) is 0 Å². The summed E-state index contributed by atoms with van der Waals surface area (Å²) in [6, 6.07) is 8.38. The van der Waals surface area contributed by atoms with Crippen molar-refractivity contribution in [3.8, 4) is 0 Å². The summed E-state index contributed by atoms with van der Waals surface area (Å²) in [5, 5.41) is 14.6. The fraction of sp³-hybridized carbons (Fsp3) is 0.545. The number of amides is 2. The molecule has 0 spiro atoms. The molecule has 1 aliphatic carbocycles. The quantitative estimate of drug-likeness (QED) is 0.475. The normalized spacial score (nSPS) is 17.1. The predicted octanol–water partition coefficient (Wildman–Crippen LogP) is 2.80. The number of nitrogens with one attached hydrogen (secondary N) is 2. The van der Waals surface area contributed by atoms with Gasteiger partial charge in [0.15, 0.2) is 0 Å². The number of rotatable bonds is 11. The highest BCUT2D eigenvalue weighted by Crippen LogP contribution is 2.24. The number of aliphatic carboxylic acids is 1. The number of alkyl carbamates (subject to hydrolysis) is 1. The highest BCUT2D eigenvalue weighted by Gasteiger charge is 2.33. The van der Waals surface area contributed by atoms with E-state index >= 15 is 0 Å². The van der Waals surface area contributed by atoms with Crippen LogP contribution in [0.15, 0.2) is 30.3 Å². The average molecular weight is 418 g/mol. The first kappa shape index (κ1) is 23.4. The third kappa shape index (κ3) is 8.63. The molecule has 0 radical (unpaired) electrons. The molecule has 164 valence electrons. The van der Waals surface area contributed by atoms with E-state index < -0.39 is 18.1 Å². The molecule has 2 rings (SSSR count). The molecule has 0 aliphatic heterocycles. The Hall–Kier alpha value is -2.90. The third-order valence-corrected chi connectivity index (χ3v) is 5.14. The molecular formula is C22H30N2O6. The Morgan fingerprint density at radius 1 is 1.13 bits per heavy atom. The van der Waals surface area contributed by atoms with Gasteiger partial charge in [0.2, 0.25) is 5.91 Å². The molecule has 1 aliphatic rings. The number of carbonyl (C=O) groups is 4. The molecule has 1 saturated carbocycles. The summed E-state index contributed by atoms with van der Waals surface area (Å²) < 4.78 is 5.11. The number of hydrogen-bond donors (Lipinski definition) is 3. The lowest BCUT2D eigenvalue weighted by atomic mass is 9.83. The first-order valence-corrected chi connectivity index (χ1v) is 10.4. The Morgan fingerprint density at radius 2 is 1.90 bits per heavy atom. The van der Waals surface area contributed by atoms with E-state index in [2.05, 4.69) is 10.6 Å². The molecule has 1 fully saturated rings. The lowest BCUT2D eigenvalue weighted by Gasteiger charge is -2.27. The van der Waals surface area contributed by atoms with E-state index in [4.69, 9.17) is 4.74 Å². The van der Waals surface area contributed by atoms with E-state index in [0.29, 0.717) is 45.1 Å². The SMILES string of the molecule is O=C1CCC[C@@H]([C@H](NC(=O)CCCCCNC(=O)OCc2ccccc2)C(=O)O)C1. The minimum Gasteiger partial charge on any atom is -0.480 e. The number of carboxylic acids is 1. The molecule has 0 aromatic heterocycles. The first-order chi connectivity index (χ1) is 14.5. The lowest BCUT2D eigenvalue weighted by molar-refractivity contribution is -0.144. The van der Waals surface area contributed by atoms with Crippen molar-refractivity contribution in [3.63, 3.8) is 0 Å². The first-order valence-electron chi connectivity index (χ1n) is 10.4. The number of Topliss-reactive ketones (excluding diaryl/α,β-unsaturated/α-hetero) is 1. The number of carboxylic acid groups (broad SMARTS) is 1. The number of ketones is 1. The Balaban J connectivity index is 1.56. The van der Waals surface area contributed by atoms with Crippen LogP contribution < -0.4 is 10.6 Å². The van der Waals surface area contributed by atoms with Crippen LogP contribution in [0.2, 0.25) is 0 Å². The Bertz CT molecular complexity index is 722. The van der Waals surface area contributed by atoms with Crippen molar-refractivity contribution in [1.82, 2.24) is 10.6 Å². The summed E-state index contributed by atoms with van der Waals surface area (Å²) in [6.07, 6.45) is 3.72. The molecule has 1 aromatic carbocycles. The van der Waals surface area contributed by atoms with Gasteiger partial charge in [-0.25, -0.2) is 9.59 Å². The molecule has 2 amide bonds. The van der Waals surface area contributed by atoms with Gasteiger partial charge in [0, 0.05) is 25.8 Å². The summed E-state index contributed by atoms with van der Waals surface area (Å²) in [7, 11) is 0. The smallest absolute Gasteiger partial charge is 0.407 e. The fourth-order valence-corrected chi connectivity index (χ4v) is 3.52. The molecule has 8 heteroatoms. The minimum atomic E-state index is -1.10. The van der Waals surface area contributed by atoms with Crippen LogP contribution in [-0.4, -0.2) is 41.4 Å². The van der Waals surface area contributed by atoms with Crippen LogP contribution >= 0.6 is 0 Å². The van der Waals surface area contributed by atoms with Gasteiger partial charge in [-0.3, -0.25) is 9.59 Å². The number of benzene rings is 1. The van der Waals surface area contributed by atoms with Gasteiger partial charge in [-0.05, 0) is 37.2 Å². The molecule has 0 saturated heterocycles. The van der Waals surface area contributed by atoms with Crippen molar-refractivity contribution in [1.29, 1.82) is 0 Å². The highest BCUT2D eigenvalue weighted by atomic mass is 16.5. The van der Waals surface area contributed by atoms with Gasteiger partial charge < -0.3 is 20.5 Å². The summed E-state index contributed by atoms with van der Waals surface area (Å²) >= 11 is 0. The highest BCUT2D eigenvalue weighted by molar-refractivity contribution is 5.85. The molecule has 2 atom stereocenters. The van der Waals surface area contributed by atoms with E-state index in [9.17, 15) is 24.3 Å². The molecule has 0 bridgehead atoms. The maximum absolute atomic E-state index is 12.1. The second-order valence-corrected chi connectivity index (χ2v) is 7.58. The van der Waals surface area contributed by atoms with Crippen molar-refractivity contribution in [2.24, 2.45) is 5.92 Å². The third-order valence-electron chi connectivity index (χ3n) is 5.14. The largest absolute Gasteiger partial charge is 0.480 e. The van der Waals surface area contributed by atoms with Gasteiger partial charge in [-0.1, -0.05) is 36.8 Å². The second kappa shape index (κ2) is 12.6. The van der Waals surface area contributed by atoms with Crippen LogP contribution in [0.1, 0.15) is 56.9 Å². The molecule has 8 nitrogen and oxygen atoms in total. The van der Waals surface area contributed by atoms with Crippen molar-refractivity contribution in [2.75, 3.05) is 6.54 Å². The maximum Gasteiger partial charge on any atom is 0.407 e. The summed E-state index contributed by atoms with van der Waals surface area (Å²) in [6.45, 7) is 0.654. The molecule has 0 unspecified atom stereocenters. The van der Waals surface area contributed by atoms with E-state index in [0.717, 1.165) is 5.56 Å². The zero-order valence-electron chi connectivity index (χ0n) is 17.1. The van der Waals surface area contributed by atoms with Crippen LogP contribution in [0.4, 0.5) is 4.79 Å². The van der Waals surface area contributed by atoms with Crippen LogP contribution in [0.5, 0.6) is 0 Å². The van der Waals surface area contributed by atoms with Gasteiger partial charge in [-0.2, -0.15) is 0 Å². The van der Waals surface area contributed by atoms with Crippen LogP contribution in [0.25, 0.3) is 0 Å². The monoisotopic (exact) mass is 418 g/mol. The van der Waals surface area contributed by atoms with Gasteiger partial charge >= 0.3 is 12.1 Å². The Morgan fingerprint density at radius 3 is 2.60 bits per heavy atom. The van der Waals surface area contributed by atoms with E-state index in [1.54, 1.807) is 0 Å². The standard InChI is InChI=1S/C22H30N2O6/c25-18-11-7-10-17(14-18)20(21(27)28)24-19(26)12-5-2-6-13-23-22(29)30-15-16-8-3-1-4-9-16/h1,3-4,8-9,17,20H,2,5-7,10-15H2,(H,23,29)(H,24,26)(H,27,28)/t17-,20+/m1/s1. The zero-order chi connectivity index (χ0) is 21.8. The summed E-state index contributed by atoms with van der Waals surface area (Å²) in [5.74, 6) is -1.70. The topological polar surface area (TPSA) is 122 Å². The van der Waals surface area contributed by atoms with Crippen molar-refractivity contribution >= 4 is 23.8 Å². The Kier molecular flexibility index (Phi) is 9.83. The number of unbranched alkanes of at least 4 members (excludes halogenated alkanes) is 2. The minimum absolute atomic E-state index is 0.0570. The summed E-state index contributed by atoms with van der Waals surface area (Å²) in [5.41, 5.74) is 0.913. The van der Waals surface area contributed by atoms with Gasteiger partial charge in [0.05, 0.1) is 0 Å². The van der Waals surface area contributed by atoms with Crippen LogP contribution in [0, 0.1) is 5.92 Å². The van der Waals surface area contributed by atoms with Crippen molar-refractivity contribution in [2.45, 2.75) is 64.0 Å². The molecule has 0 heterocycles. The van der Waals surface area contributed by atoms with Crippen molar-refractivity contribution < 1.29 is 29.0 Å². The van der Waals surface area contributed by atoms with Gasteiger partial charge in [0.1, 0.15) is 18.4 Å². The second-order valence-electron chi connectivity index (χ2n) is 7.58. The molecule has 1 aromatic rings. The number of ether oxygens (including phenoxy) is 1. The zero-order valence-corrected chi connectivity index (χ0v) is 17.1. The average Bonchev–Trinajstić information content (AvgIpc) is 2.73. The van der Waals surface area contributed by atoms with Crippen molar-refractivity contribution in [3.05, 3.63) is 35.9 Å². The van der Waals surface area contributed by atoms with E-state index in [-0.39, 0.29) is 37.1 Å². The summed E-state index contributed by atoms with van der Waals surface area (Å²) in [4.78, 5) is 46.8. The fourth-order valence-electron chi connectivity index (χ4n) is 3.52. The molecule has 30 heavy (non-hydrogen) atoms.